The van der Waals surface area contributed by atoms with E-state index in [1.807, 2.05) is 30.3 Å². The number of alkyl halides is 1. The monoisotopic (exact) mass is 293 g/mol. The number of amides is 1. The molecule has 1 amide bonds. The third-order valence-corrected chi connectivity index (χ3v) is 3.05. The third-order valence-electron chi connectivity index (χ3n) is 2.41. The molecule has 3 nitrogen and oxygen atoms in total. The van der Waals surface area contributed by atoms with E-state index in [-0.39, 0.29) is 11.9 Å². The lowest BCUT2D eigenvalue weighted by atomic mass is 10.1. The summed E-state index contributed by atoms with van der Waals surface area (Å²) in [5, 5.41) is 3.56. The first-order chi connectivity index (χ1) is 8.31. The van der Waals surface area contributed by atoms with Crippen LogP contribution in [0, 0.1) is 0 Å². The molecule has 1 N–H and O–H groups in total. The molecule has 0 aliphatic heterocycles. The summed E-state index contributed by atoms with van der Waals surface area (Å²) in [6.45, 7) is 0. The number of hydrogen-bond acceptors (Lipinski definition) is 2. The van der Waals surface area contributed by atoms with Crippen LogP contribution in [0.25, 0.3) is 0 Å². The maximum atomic E-state index is 11.8. The molecule has 0 saturated heterocycles. The first kappa shape index (κ1) is 11.9. The number of carbonyl (C=O) groups excluding carboxylic acids is 1. The number of carbonyl (C=O) groups is 1. The van der Waals surface area contributed by atoms with Gasteiger partial charge in [0, 0.05) is 5.33 Å². The lowest BCUT2D eigenvalue weighted by Crippen LogP contribution is -2.29. The molecule has 0 aliphatic carbocycles. The number of hydrogen-bond donors (Lipinski definition) is 1. The quantitative estimate of drug-likeness (QED) is 0.880. The molecule has 2 rings (SSSR count). The average molecular weight is 294 g/mol. The zero-order valence-electron chi connectivity index (χ0n) is 9.10. The first-order valence-corrected chi connectivity index (χ1v) is 6.38. The van der Waals surface area contributed by atoms with Crippen molar-refractivity contribution in [2.24, 2.45) is 0 Å². The SMILES string of the molecule is O=C(NC(CBr)c1ccccc1)c1ccco1. The number of benzene rings is 1. The van der Waals surface area contributed by atoms with Gasteiger partial charge in [-0.15, -0.1) is 0 Å². The minimum Gasteiger partial charge on any atom is -0.459 e. The highest BCUT2D eigenvalue weighted by molar-refractivity contribution is 9.09. The Morgan fingerprint density at radius 1 is 1.24 bits per heavy atom. The van der Waals surface area contributed by atoms with Crippen LogP contribution in [-0.4, -0.2) is 11.2 Å². The molecule has 0 radical (unpaired) electrons. The van der Waals surface area contributed by atoms with E-state index in [0.717, 1.165) is 5.56 Å². The van der Waals surface area contributed by atoms with Crippen LogP contribution in [0.2, 0.25) is 0 Å². The zero-order valence-corrected chi connectivity index (χ0v) is 10.7. The molecule has 0 aliphatic rings. The van der Waals surface area contributed by atoms with E-state index >= 15 is 0 Å². The second-order valence-corrected chi connectivity index (χ2v) is 4.22. The van der Waals surface area contributed by atoms with E-state index in [2.05, 4.69) is 21.2 Å². The van der Waals surface area contributed by atoms with E-state index in [9.17, 15) is 4.79 Å². The van der Waals surface area contributed by atoms with Crippen molar-refractivity contribution in [1.82, 2.24) is 5.32 Å². The lowest BCUT2D eigenvalue weighted by Gasteiger charge is -2.15. The Labute approximate surface area is 108 Å². The highest BCUT2D eigenvalue weighted by Gasteiger charge is 2.15. The van der Waals surface area contributed by atoms with Gasteiger partial charge in [-0.2, -0.15) is 0 Å². The summed E-state index contributed by atoms with van der Waals surface area (Å²) in [6.07, 6.45) is 1.49. The molecular formula is C13H12BrNO2. The highest BCUT2D eigenvalue weighted by Crippen LogP contribution is 2.15. The molecule has 1 aromatic carbocycles. The van der Waals surface area contributed by atoms with Gasteiger partial charge in [-0.25, -0.2) is 0 Å². The fourth-order valence-electron chi connectivity index (χ4n) is 1.53. The van der Waals surface area contributed by atoms with Gasteiger partial charge in [0.2, 0.25) is 0 Å². The van der Waals surface area contributed by atoms with Crippen molar-refractivity contribution in [1.29, 1.82) is 0 Å². The summed E-state index contributed by atoms with van der Waals surface area (Å²) in [5.74, 6) is 0.121. The molecule has 4 heteroatoms. The Kier molecular flexibility index (Phi) is 3.98. The number of halogens is 1. The summed E-state index contributed by atoms with van der Waals surface area (Å²) in [7, 11) is 0. The summed E-state index contributed by atoms with van der Waals surface area (Å²) in [5.41, 5.74) is 1.06. The molecule has 0 spiro atoms. The minimum atomic E-state index is -0.205. The van der Waals surface area contributed by atoms with Crippen LogP contribution in [0.3, 0.4) is 0 Å². The maximum Gasteiger partial charge on any atom is 0.287 e. The van der Waals surface area contributed by atoms with Gasteiger partial charge in [0.25, 0.3) is 5.91 Å². The van der Waals surface area contributed by atoms with Crippen LogP contribution >= 0.6 is 15.9 Å². The molecule has 2 aromatic rings. The summed E-state index contributed by atoms with van der Waals surface area (Å²) < 4.78 is 5.05. The molecular weight excluding hydrogens is 282 g/mol. The number of furan rings is 1. The fourth-order valence-corrected chi connectivity index (χ4v) is 2.07. The molecule has 1 unspecified atom stereocenters. The summed E-state index contributed by atoms with van der Waals surface area (Å²) in [6, 6.07) is 13.1. The molecule has 0 saturated carbocycles. The Hall–Kier alpha value is -1.55. The number of nitrogens with one attached hydrogen (secondary N) is 1. The molecule has 17 heavy (non-hydrogen) atoms. The zero-order chi connectivity index (χ0) is 12.1. The van der Waals surface area contributed by atoms with Crippen molar-refractivity contribution in [3.63, 3.8) is 0 Å². The molecule has 0 fully saturated rings. The van der Waals surface area contributed by atoms with Gasteiger partial charge in [-0.05, 0) is 17.7 Å². The normalized spacial score (nSPS) is 12.1. The van der Waals surface area contributed by atoms with Crippen LogP contribution in [0.1, 0.15) is 22.2 Å². The molecule has 88 valence electrons. The van der Waals surface area contributed by atoms with Crippen LogP contribution in [0.4, 0.5) is 0 Å². The van der Waals surface area contributed by atoms with Gasteiger partial charge in [-0.3, -0.25) is 4.79 Å². The van der Waals surface area contributed by atoms with Crippen molar-refractivity contribution in [2.75, 3.05) is 5.33 Å². The average Bonchev–Trinajstić information content (AvgIpc) is 2.90. The van der Waals surface area contributed by atoms with Crippen LogP contribution in [0.15, 0.2) is 53.1 Å². The van der Waals surface area contributed by atoms with Crippen molar-refractivity contribution in [3.8, 4) is 0 Å². The van der Waals surface area contributed by atoms with Crippen LogP contribution in [0.5, 0.6) is 0 Å². The molecule has 1 aromatic heterocycles. The Morgan fingerprint density at radius 3 is 2.59 bits per heavy atom. The van der Waals surface area contributed by atoms with E-state index in [1.54, 1.807) is 12.1 Å². The highest BCUT2D eigenvalue weighted by atomic mass is 79.9. The lowest BCUT2D eigenvalue weighted by molar-refractivity contribution is 0.0913. The van der Waals surface area contributed by atoms with E-state index < -0.39 is 0 Å². The molecule has 0 bridgehead atoms. The smallest absolute Gasteiger partial charge is 0.287 e. The van der Waals surface area contributed by atoms with Crippen molar-refractivity contribution in [3.05, 3.63) is 60.1 Å². The Bertz CT molecular complexity index is 467. The fraction of sp³-hybridized carbons (Fsp3) is 0.154. The van der Waals surface area contributed by atoms with Gasteiger partial charge >= 0.3 is 0 Å². The second-order valence-electron chi connectivity index (χ2n) is 3.57. The van der Waals surface area contributed by atoms with Gasteiger partial charge < -0.3 is 9.73 Å². The van der Waals surface area contributed by atoms with E-state index in [0.29, 0.717) is 11.1 Å². The van der Waals surface area contributed by atoms with Gasteiger partial charge in [-0.1, -0.05) is 46.3 Å². The summed E-state index contributed by atoms with van der Waals surface area (Å²) >= 11 is 3.40. The van der Waals surface area contributed by atoms with Gasteiger partial charge in [0.1, 0.15) is 0 Å². The predicted octanol–water partition coefficient (Wildman–Crippen LogP) is 3.15. The largest absolute Gasteiger partial charge is 0.459 e. The number of rotatable bonds is 4. The van der Waals surface area contributed by atoms with Crippen molar-refractivity contribution >= 4 is 21.8 Å². The van der Waals surface area contributed by atoms with Crippen molar-refractivity contribution < 1.29 is 9.21 Å². The van der Waals surface area contributed by atoms with Crippen LogP contribution in [-0.2, 0) is 0 Å². The van der Waals surface area contributed by atoms with Gasteiger partial charge in [0.05, 0.1) is 12.3 Å². The van der Waals surface area contributed by atoms with E-state index in [1.165, 1.54) is 6.26 Å². The maximum absolute atomic E-state index is 11.8. The van der Waals surface area contributed by atoms with Crippen molar-refractivity contribution in [2.45, 2.75) is 6.04 Å². The van der Waals surface area contributed by atoms with Gasteiger partial charge in [0.15, 0.2) is 5.76 Å². The van der Waals surface area contributed by atoms with Crippen LogP contribution < -0.4 is 5.32 Å². The topological polar surface area (TPSA) is 42.2 Å². The first-order valence-electron chi connectivity index (χ1n) is 5.26. The third kappa shape index (κ3) is 2.97. The Balaban J connectivity index is 2.09. The predicted molar refractivity (Wildman–Crippen MR) is 69.2 cm³/mol. The van der Waals surface area contributed by atoms with E-state index in [4.69, 9.17) is 4.42 Å². The molecule has 1 heterocycles. The standard InChI is InChI=1S/C13H12BrNO2/c14-9-11(10-5-2-1-3-6-10)15-13(16)12-7-4-8-17-12/h1-8,11H,9H2,(H,15,16). The second kappa shape index (κ2) is 5.68. The minimum absolute atomic E-state index is 0.0613. The molecule has 1 atom stereocenters. The summed E-state index contributed by atoms with van der Waals surface area (Å²) in [4.78, 5) is 11.8. The Morgan fingerprint density at radius 2 is 2.00 bits per heavy atom.